The molecule has 0 radical (unpaired) electrons. The summed E-state index contributed by atoms with van der Waals surface area (Å²) < 4.78 is 0. The zero-order valence-electron chi connectivity index (χ0n) is 22.4. The number of carbonyl (C=O) groups is 1. The molecule has 0 aromatic heterocycles. The van der Waals surface area contributed by atoms with Crippen molar-refractivity contribution in [1.82, 2.24) is 0 Å². The summed E-state index contributed by atoms with van der Waals surface area (Å²) in [6, 6.07) is 0. The molecule has 0 unspecified atom stereocenters. The maximum absolute atomic E-state index is 11.6. The Morgan fingerprint density at radius 3 is 2.38 bits per heavy atom. The number of aliphatic carboxylic acids is 1. The van der Waals surface area contributed by atoms with Crippen molar-refractivity contribution in [2.75, 3.05) is 0 Å². The first-order valence-corrected chi connectivity index (χ1v) is 13.9. The van der Waals surface area contributed by atoms with E-state index in [4.69, 9.17) is 0 Å². The quantitative estimate of drug-likeness (QED) is 0.445. The van der Waals surface area contributed by atoms with Gasteiger partial charge in [-0.05, 0) is 125 Å². The number of fused-ring (bicyclic) bond motifs is 5. The highest BCUT2D eigenvalue weighted by molar-refractivity contribution is 5.66. The molecule has 0 aliphatic heterocycles. The number of carboxylic acids is 1. The lowest BCUT2D eigenvalue weighted by atomic mass is 9.43. The Morgan fingerprint density at radius 2 is 1.74 bits per heavy atom. The van der Waals surface area contributed by atoms with E-state index in [2.05, 4.69) is 53.4 Å². The van der Waals surface area contributed by atoms with Gasteiger partial charge in [-0.1, -0.05) is 32.6 Å². The van der Waals surface area contributed by atoms with E-state index in [1.807, 2.05) is 0 Å². The number of carboxylic acid groups (broad SMARTS) is 1. The highest BCUT2D eigenvalue weighted by atomic mass is 16.4. The third-order valence-electron chi connectivity index (χ3n) is 11.0. The summed E-state index contributed by atoms with van der Waals surface area (Å²) in [5.41, 5.74) is -0.682. The van der Waals surface area contributed by atoms with E-state index in [-0.39, 0.29) is 28.8 Å². The number of rotatable bonds is 4. The van der Waals surface area contributed by atoms with Crippen LogP contribution < -0.4 is 0 Å². The number of hydrogen-bond acceptors (Lipinski definition) is 3. The molecule has 34 heavy (non-hydrogen) atoms. The van der Waals surface area contributed by atoms with Gasteiger partial charge < -0.3 is 15.3 Å². The molecule has 0 spiro atoms. The lowest BCUT2D eigenvalue weighted by molar-refractivity contribution is -0.181. The van der Waals surface area contributed by atoms with Gasteiger partial charge in [0.25, 0.3) is 0 Å². The molecule has 4 aliphatic carbocycles. The molecule has 10 atom stereocenters. The second-order valence-electron chi connectivity index (χ2n) is 14.2. The molecule has 4 aliphatic rings. The van der Waals surface area contributed by atoms with Crippen molar-refractivity contribution in [1.29, 1.82) is 0 Å². The summed E-state index contributed by atoms with van der Waals surface area (Å²) in [6.07, 6.45) is 8.56. The Balaban J connectivity index is 1.53. The minimum absolute atomic E-state index is 0.123. The van der Waals surface area contributed by atoms with Gasteiger partial charge in [-0.25, -0.2) is 0 Å². The first-order chi connectivity index (χ1) is 15.7. The molecule has 4 nitrogen and oxygen atoms in total. The molecule has 3 N–H and O–H groups in total. The highest BCUT2D eigenvalue weighted by Crippen LogP contribution is 2.68. The van der Waals surface area contributed by atoms with Crippen molar-refractivity contribution in [3.8, 4) is 11.8 Å². The molecule has 0 bridgehead atoms. The monoisotopic (exact) mass is 472 g/mol. The van der Waals surface area contributed by atoms with Gasteiger partial charge in [0.1, 0.15) is 5.60 Å². The maximum Gasteiger partial charge on any atom is 0.303 e. The van der Waals surface area contributed by atoms with Crippen LogP contribution in [0, 0.1) is 63.6 Å². The van der Waals surface area contributed by atoms with Crippen molar-refractivity contribution >= 4 is 5.97 Å². The van der Waals surface area contributed by atoms with Gasteiger partial charge in [-0.3, -0.25) is 4.79 Å². The molecule has 0 aromatic carbocycles. The van der Waals surface area contributed by atoms with Crippen molar-refractivity contribution in [3.05, 3.63) is 0 Å². The van der Waals surface area contributed by atoms with Gasteiger partial charge in [0, 0.05) is 11.8 Å². The van der Waals surface area contributed by atoms with Crippen LogP contribution in [0.2, 0.25) is 0 Å². The predicted octanol–water partition coefficient (Wildman–Crippen LogP) is 5.90. The summed E-state index contributed by atoms with van der Waals surface area (Å²) in [5.74, 6) is 8.47. The van der Waals surface area contributed by atoms with E-state index in [0.29, 0.717) is 41.9 Å². The third kappa shape index (κ3) is 4.57. The van der Waals surface area contributed by atoms with Crippen LogP contribution in [0.15, 0.2) is 0 Å². The fraction of sp³-hybridized carbons (Fsp3) is 0.900. The van der Waals surface area contributed by atoms with Crippen LogP contribution >= 0.6 is 0 Å². The Labute approximate surface area is 207 Å². The fourth-order valence-corrected chi connectivity index (χ4v) is 9.16. The minimum Gasteiger partial charge on any atom is -0.481 e. The maximum atomic E-state index is 11.6. The standard InChI is InChI=1S/C30H48O4/c1-19(7-10-25(32)33)21-8-9-22-26-23(11-12-29(21,22)6)28(5)14-16-30(34,15-13-27(2,3)4)18-20(28)17-24(26)31/h19-24,26,31,34H,7-12,14,16-18H2,1-6H3,(H,32,33)/t19-,20-,21-,22+,23+,24-,26+,28+,29-,30-/m1/s1. The lowest BCUT2D eigenvalue weighted by Crippen LogP contribution is -2.60. The van der Waals surface area contributed by atoms with Crippen LogP contribution in [0.3, 0.4) is 0 Å². The van der Waals surface area contributed by atoms with Gasteiger partial charge in [0.2, 0.25) is 0 Å². The number of aliphatic hydroxyl groups is 2. The van der Waals surface area contributed by atoms with Gasteiger partial charge in [0.05, 0.1) is 6.10 Å². The molecule has 0 aromatic rings. The van der Waals surface area contributed by atoms with Crippen LogP contribution in [0.5, 0.6) is 0 Å². The van der Waals surface area contributed by atoms with Crippen molar-refractivity contribution in [2.45, 2.75) is 117 Å². The van der Waals surface area contributed by atoms with Crippen molar-refractivity contribution < 1.29 is 20.1 Å². The summed E-state index contributed by atoms with van der Waals surface area (Å²) in [7, 11) is 0. The third-order valence-corrected chi connectivity index (χ3v) is 11.0. The van der Waals surface area contributed by atoms with E-state index in [9.17, 15) is 20.1 Å². The number of hydrogen-bond donors (Lipinski definition) is 3. The molecule has 0 heterocycles. The van der Waals surface area contributed by atoms with E-state index >= 15 is 0 Å². The molecule has 0 saturated heterocycles. The van der Waals surface area contributed by atoms with Crippen LogP contribution in [0.25, 0.3) is 0 Å². The topological polar surface area (TPSA) is 77.8 Å². The van der Waals surface area contributed by atoms with E-state index < -0.39 is 11.6 Å². The molecule has 4 heteroatoms. The molecule has 4 saturated carbocycles. The zero-order valence-corrected chi connectivity index (χ0v) is 22.4. The van der Waals surface area contributed by atoms with Gasteiger partial charge in [0.15, 0.2) is 0 Å². The molecular weight excluding hydrogens is 424 g/mol. The van der Waals surface area contributed by atoms with Crippen LogP contribution in [0.1, 0.15) is 106 Å². The fourth-order valence-electron chi connectivity index (χ4n) is 9.16. The SMILES string of the molecule is C[C@H](CCC(=O)O)[C@H]1CC[C@H]2[C@@H]3[C@H](O)C[C@@H]4C[C@@](O)(C#CC(C)(C)C)CC[C@]4(C)[C@H]3CC[C@]12C. The second kappa shape index (κ2) is 8.81. The first-order valence-electron chi connectivity index (χ1n) is 13.9. The zero-order chi connectivity index (χ0) is 25.1. The smallest absolute Gasteiger partial charge is 0.303 e. The van der Waals surface area contributed by atoms with E-state index in [0.717, 1.165) is 32.1 Å². The van der Waals surface area contributed by atoms with Gasteiger partial charge in [-0.2, -0.15) is 0 Å². The summed E-state index contributed by atoms with van der Waals surface area (Å²) >= 11 is 0. The molecule has 4 rings (SSSR count). The summed E-state index contributed by atoms with van der Waals surface area (Å²) in [5, 5.41) is 32.1. The van der Waals surface area contributed by atoms with Gasteiger partial charge >= 0.3 is 5.97 Å². The molecule has 0 amide bonds. The Hall–Kier alpha value is -1.05. The average molecular weight is 473 g/mol. The van der Waals surface area contributed by atoms with Crippen molar-refractivity contribution in [2.24, 2.45) is 51.8 Å². The average Bonchev–Trinajstić information content (AvgIpc) is 3.09. The molecular formula is C30H48O4. The van der Waals surface area contributed by atoms with Gasteiger partial charge in [-0.15, -0.1) is 0 Å². The van der Waals surface area contributed by atoms with Crippen molar-refractivity contribution in [3.63, 3.8) is 0 Å². The Kier molecular flexibility index (Phi) is 6.74. The molecule has 4 fully saturated rings. The largest absolute Gasteiger partial charge is 0.481 e. The van der Waals surface area contributed by atoms with Crippen LogP contribution in [-0.4, -0.2) is 33.0 Å². The highest BCUT2D eigenvalue weighted by Gasteiger charge is 2.63. The summed E-state index contributed by atoms with van der Waals surface area (Å²) in [4.78, 5) is 11.2. The van der Waals surface area contributed by atoms with E-state index in [1.165, 1.54) is 19.3 Å². The summed E-state index contributed by atoms with van der Waals surface area (Å²) in [6.45, 7) is 13.4. The Morgan fingerprint density at radius 1 is 1.06 bits per heavy atom. The normalized spacial score (nSPS) is 46.9. The van der Waals surface area contributed by atoms with E-state index in [1.54, 1.807) is 0 Å². The van der Waals surface area contributed by atoms with Crippen LogP contribution in [-0.2, 0) is 4.79 Å². The predicted molar refractivity (Wildman–Crippen MR) is 135 cm³/mol. The number of aliphatic hydroxyl groups excluding tert-OH is 1. The second-order valence-corrected chi connectivity index (χ2v) is 14.2. The lowest BCUT2D eigenvalue weighted by Gasteiger charge is -2.63. The Bertz CT molecular complexity index is 848. The van der Waals surface area contributed by atoms with Crippen LogP contribution in [0.4, 0.5) is 0 Å². The first kappa shape index (κ1) is 26.0. The minimum atomic E-state index is -0.925. The molecule has 192 valence electrons.